The van der Waals surface area contributed by atoms with E-state index in [1.54, 1.807) is 0 Å². The van der Waals surface area contributed by atoms with Crippen molar-refractivity contribution in [3.8, 4) is 6.07 Å². The van der Waals surface area contributed by atoms with E-state index in [0.717, 1.165) is 22.7 Å². The molecule has 0 saturated heterocycles. The standard InChI is InChI=1S/C12H13N5O/c1-7-4-10(17-18-7)6-14-12-11(5-13)8(2)9(3)15-16-12/h4H,6H2,1-3H3,(H,14,16). The molecule has 6 nitrogen and oxygen atoms in total. The van der Waals surface area contributed by atoms with Crippen molar-refractivity contribution >= 4 is 5.82 Å². The summed E-state index contributed by atoms with van der Waals surface area (Å²) >= 11 is 0. The van der Waals surface area contributed by atoms with Crippen LogP contribution in [-0.4, -0.2) is 15.4 Å². The van der Waals surface area contributed by atoms with E-state index in [0.29, 0.717) is 17.9 Å². The van der Waals surface area contributed by atoms with Crippen LogP contribution in [0.2, 0.25) is 0 Å². The largest absolute Gasteiger partial charge is 0.362 e. The molecule has 0 aliphatic heterocycles. The highest BCUT2D eigenvalue weighted by Gasteiger charge is 2.11. The van der Waals surface area contributed by atoms with E-state index in [9.17, 15) is 0 Å². The highest BCUT2D eigenvalue weighted by Crippen LogP contribution is 2.17. The van der Waals surface area contributed by atoms with Crippen LogP contribution in [-0.2, 0) is 6.54 Å². The molecule has 0 amide bonds. The minimum atomic E-state index is 0.448. The summed E-state index contributed by atoms with van der Waals surface area (Å²) in [6, 6.07) is 3.96. The van der Waals surface area contributed by atoms with Gasteiger partial charge in [-0.2, -0.15) is 10.4 Å². The van der Waals surface area contributed by atoms with E-state index in [2.05, 4.69) is 26.7 Å². The molecule has 2 aromatic rings. The highest BCUT2D eigenvalue weighted by atomic mass is 16.5. The lowest BCUT2D eigenvalue weighted by atomic mass is 10.1. The van der Waals surface area contributed by atoms with Gasteiger partial charge in [0.05, 0.1) is 12.2 Å². The molecular weight excluding hydrogens is 230 g/mol. The quantitative estimate of drug-likeness (QED) is 0.885. The van der Waals surface area contributed by atoms with Crippen molar-refractivity contribution < 1.29 is 4.52 Å². The minimum absolute atomic E-state index is 0.448. The van der Waals surface area contributed by atoms with Crippen molar-refractivity contribution in [2.24, 2.45) is 0 Å². The van der Waals surface area contributed by atoms with Gasteiger partial charge in [0.2, 0.25) is 0 Å². The van der Waals surface area contributed by atoms with Crippen LogP contribution in [0.4, 0.5) is 5.82 Å². The van der Waals surface area contributed by atoms with E-state index < -0.39 is 0 Å². The first-order valence-electron chi connectivity index (χ1n) is 5.52. The second-order valence-electron chi connectivity index (χ2n) is 4.03. The molecule has 1 N–H and O–H groups in total. The number of hydrogen-bond donors (Lipinski definition) is 1. The van der Waals surface area contributed by atoms with Gasteiger partial charge >= 0.3 is 0 Å². The minimum Gasteiger partial charge on any atom is -0.362 e. The lowest BCUT2D eigenvalue weighted by molar-refractivity contribution is 0.391. The Balaban J connectivity index is 2.20. The molecule has 0 spiro atoms. The number of nitrogens with zero attached hydrogens (tertiary/aromatic N) is 4. The van der Waals surface area contributed by atoms with Crippen LogP contribution < -0.4 is 5.32 Å². The third-order valence-electron chi connectivity index (χ3n) is 2.68. The van der Waals surface area contributed by atoms with Crippen molar-refractivity contribution in [3.63, 3.8) is 0 Å². The van der Waals surface area contributed by atoms with Crippen LogP contribution in [0.5, 0.6) is 0 Å². The van der Waals surface area contributed by atoms with Gasteiger partial charge in [0.1, 0.15) is 23.1 Å². The fraction of sp³-hybridized carbons (Fsp3) is 0.333. The van der Waals surface area contributed by atoms with Gasteiger partial charge in [0, 0.05) is 6.07 Å². The monoisotopic (exact) mass is 243 g/mol. The van der Waals surface area contributed by atoms with Gasteiger partial charge in [-0.1, -0.05) is 5.16 Å². The van der Waals surface area contributed by atoms with Gasteiger partial charge in [0.15, 0.2) is 5.82 Å². The van der Waals surface area contributed by atoms with Crippen LogP contribution in [0, 0.1) is 32.1 Å². The molecule has 0 unspecified atom stereocenters. The highest BCUT2D eigenvalue weighted by molar-refractivity contribution is 5.55. The molecule has 0 fully saturated rings. The number of aromatic nitrogens is 3. The maximum absolute atomic E-state index is 9.13. The topological polar surface area (TPSA) is 87.6 Å². The molecule has 18 heavy (non-hydrogen) atoms. The summed E-state index contributed by atoms with van der Waals surface area (Å²) < 4.78 is 4.96. The Hall–Kier alpha value is -2.42. The molecule has 2 rings (SSSR count). The SMILES string of the molecule is Cc1cc(CNc2nnc(C)c(C)c2C#N)no1. The van der Waals surface area contributed by atoms with Gasteiger partial charge in [-0.3, -0.25) is 0 Å². The molecule has 0 radical (unpaired) electrons. The van der Waals surface area contributed by atoms with E-state index in [1.165, 1.54) is 0 Å². The summed E-state index contributed by atoms with van der Waals surface area (Å²) in [6.07, 6.45) is 0. The average Bonchev–Trinajstić information content (AvgIpc) is 2.77. The Bertz CT molecular complexity index is 611. The Labute approximate surface area is 105 Å². The van der Waals surface area contributed by atoms with Crippen LogP contribution >= 0.6 is 0 Å². The Morgan fingerprint density at radius 3 is 2.72 bits per heavy atom. The van der Waals surface area contributed by atoms with Crippen molar-refractivity contribution in [1.82, 2.24) is 15.4 Å². The first-order valence-corrected chi connectivity index (χ1v) is 5.52. The van der Waals surface area contributed by atoms with Crippen molar-refractivity contribution in [3.05, 3.63) is 34.3 Å². The molecule has 2 aromatic heterocycles. The number of aryl methyl sites for hydroxylation is 2. The average molecular weight is 243 g/mol. The van der Waals surface area contributed by atoms with E-state index >= 15 is 0 Å². The van der Waals surface area contributed by atoms with E-state index in [-0.39, 0.29) is 0 Å². The number of rotatable bonds is 3. The van der Waals surface area contributed by atoms with Crippen molar-refractivity contribution in [2.45, 2.75) is 27.3 Å². The van der Waals surface area contributed by atoms with Crippen LogP contribution in [0.3, 0.4) is 0 Å². The fourth-order valence-corrected chi connectivity index (χ4v) is 1.54. The third-order valence-corrected chi connectivity index (χ3v) is 2.68. The second-order valence-corrected chi connectivity index (χ2v) is 4.03. The van der Waals surface area contributed by atoms with Crippen LogP contribution in [0.15, 0.2) is 10.6 Å². The molecule has 6 heteroatoms. The van der Waals surface area contributed by atoms with Gasteiger partial charge < -0.3 is 9.84 Å². The predicted molar refractivity (Wildman–Crippen MR) is 64.8 cm³/mol. The summed E-state index contributed by atoms with van der Waals surface area (Å²) in [7, 11) is 0. The van der Waals surface area contributed by atoms with Crippen LogP contribution in [0.25, 0.3) is 0 Å². The van der Waals surface area contributed by atoms with Crippen LogP contribution in [0.1, 0.15) is 28.3 Å². The number of anilines is 1. The summed E-state index contributed by atoms with van der Waals surface area (Å²) in [5, 5.41) is 24.0. The van der Waals surface area contributed by atoms with Gasteiger partial charge in [-0.15, -0.1) is 5.10 Å². The zero-order chi connectivity index (χ0) is 13.1. The predicted octanol–water partition coefficient (Wildman–Crippen LogP) is 1.87. The van der Waals surface area contributed by atoms with E-state index in [4.69, 9.17) is 9.78 Å². The molecular formula is C12H13N5O. The molecule has 0 atom stereocenters. The summed E-state index contributed by atoms with van der Waals surface area (Å²) in [6.45, 7) is 5.96. The first-order chi connectivity index (χ1) is 8.61. The van der Waals surface area contributed by atoms with Gasteiger partial charge in [-0.25, -0.2) is 0 Å². The maximum atomic E-state index is 9.13. The summed E-state index contributed by atoms with van der Waals surface area (Å²) in [5.41, 5.74) is 2.87. The zero-order valence-corrected chi connectivity index (χ0v) is 10.5. The smallest absolute Gasteiger partial charge is 0.167 e. The molecule has 0 aliphatic rings. The lowest BCUT2D eigenvalue weighted by Crippen LogP contribution is -2.07. The van der Waals surface area contributed by atoms with E-state index in [1.807, 2.05) is 26.8 Å². The van der Waals surface area contributed by atoms with Crippen molar-refractivity contribution in [1.29, 1.82) is 5.26 Å². The maximum Gasteiger partial charge on any atom is 0.167 e. The molecule has 0 saturated carbocycles. The normalized spacial score (nSPS) is 10.1. The molecule has 2 heterocycles. The van der Waals surface area contributed by atoms with Gasteiger partial charge in [-0.05, 0) is 26.3 Å². The first kappa shape index (κ1) is 12.0. The summed E-state index contributed by atoms with van der Waals surface area (Å²) in [4.78, 5) is 0. The zero-order valence-electron chi connectivity index (χ0n) is 10.5. The lowest BCUT2D eigenvalue weighted by Gasteiger charge is -2.07. The third kappa shape index (κ3) is 2.30. The number of nitrogens with one attached hydrogen (secondary N) is 1. The molecule has 0 bridgehead atoms. The van der Waals surface area contributed by atoms with Gasteiger partial charge in [0.25, 0.3) is 0 Å². The Morgan fingerprint density at radius 1 is 1.33 bits per heavy atom. The number of hydrogen-bond acceptors (Lipinski definition) is 6. The van der Waals surface area contributed by atoms with Crippen molar-refractivity contribution in [2.75, 3.05) is 5.32 Å². The fourth-order valence-electron chi connectivity index (χ4n) is 1.54. The Morgan fingerprint density at radius 2 is 2.11 bits per heavy atom. The Kier molecular flexibility index (Phi) is 3.24. The molecule has 0 aromatic carbocycles. The number of nitriles is 1. The molecule has 0 aliphatic carbocycles. The second kappa shape index (κ2) is 4.84. The summed E-state index contributed by atoms with van der Waals surface area (Å²) in [5.74, 6) is 1.22. The molecule has 92 valence electrons.